The van der Waals surface area contributed by atoms with E-state index in [2.05, 4.69) is 30.0 Å². The number of hydrogen-bond acceptors (Lipinski definition) is 6. The second-order valence-electron chi connectivity index (χ2n) is 7.48. The lowest BCUT2D eigenvalue weighted by Crippen LogP contribution is -2.49. The van der Waals surface area contributed by atoms with Gasteiger partial charge in [0.2, 0.25) is 0 Å². The van der Waals surface area contributed by atoms with Crippen LogP contribution in [0.3, 0.4) is 0 Å². The smallest absolute Gasteiger partial charge is 0.276 e. The molecule has 0 heterocycles. The number of amides is 2. The number of para-hydroxylation sites is 1. The van der Waals surface area contributed by atoms with Gasteiger partial charge in [-0.2, -0.15) is 0 Å². The molecule has 0 saturated heterocycles. The molecule has 3 N–H and O–H groups in total. The third-order valence-electron chi connectivity index (χ3n) is 4.51. The number of carbonyl (C=O) groups excluding carboxylic acids is 2. The molecule has 2 amide bonds. The first kappa shape index (κ1) is 26.1. The van der Waals surface area contributed by atoms with Crippen molar-refractivity contribution in [2.45, 2.75) is 33.6 Å². The minimum Gasteiger partial charge on any atom is -0.490 e. The molecule has 0 bridgehead atoms. The van der Waals surface area contributed by atoms with Crippen molar-refractivity contribution in [2.24, 2.45) is 0 Å². The summed E-state index contributed by atoms with van der Waals surface area (Å²) < 4.78 is 16.5. The third kappa shape index (κ3) is 8.70. The fraction of sp³-hybridized carbons (Fsp3) is 0.375. The van der Waals surface area contributed by atoms with Gasteiger partial charge in [0, 0.05) is 6.61 Å². The van der Waals surface area contributed by atoms with Gasteiger partial charge in [-0.05, 0) is 61.3 Å². The van der Waals surface area contributed by atoms with Crippen LogP contribution in [0.1, 0.15) is 48.2 Å². The Kier molecular flexibility index (Phi) is 10.6. The lowest BCUT2D eigenvalue weighted by molar-refractivity contribution is -0.123. The molecule has 0 atom stereocenters. The first-order valence-electron chi connectivity index (χ1n) is 10.7. The van der Waals surface area contributed by atoms with Crippen LogP contribution in [0, 0.1) is 6.92 Å². The van der Waals surface area contributed by atoms with E-state index >= 15 is 0 Å². The second kappa shape index (κ2) is 13.4. The van der Waals surface area contributed by atoms with Gasteiger partial charge in [-0.15, -0.1) is 0 Å². The summed E-state index contributed by atoms with van der Waals surface area (Å²) in [6.07, 6.45) is 0. The van der Waals surface area contributed by atoms with Gasteiger partial charge in [-0.25, -0.2) is 0 Å². The van der Waals surface area contributed by atoms with E-state index in [4.69, 9.17) is 26.4 Å². The molecule has 0 aliphatic carbocycles. The zero-order valence-electron chi connectivity index (χ0n) is 19.4. The molecule has 0 saturated carbocycles. The molecule has 0 aliphatic rings. The Balaban J connectivity index is 1.83. The summed E-state index contributed by atoms with van der Waals surface area (Å²) in [6.45, 7) is 9.09. The van der Waals surface area contributed by atoms with Crippen LogP contribution in [0.25, 0.3) is 0 Å². The highest BCUT2D eigenvalue weighted by atomic mass is 32.1. The summed E-state index contributed by atoms with van der Waals surface area (Å²) in [5.41, 5.74) is 7.30. The monoisotopic (exact) mass is 473 g/mol. The summed E-state index contributed by atoms with van der Waals surface area (Å²) >= 11 is 5.10. The van der Waals surface area contributed by atoms with E-state index in [0.29, 0.717) is 36.9 Å². The predicted octanol–water partition coefficient (Wildman–Crippen LogP) is 3.25. The SMILES string of the molecule is CCOCCOc1ccccc1C(=O)NC(=S)NNC(=O)COc1cc(C)ccc1C(C)C. The Labute approximate surface area is 200 Å². The minimum absolute atomic E-state index is 0.0594. The summed E-state index contributed by atoms with van der Waals surface area (Å²) in [7, 11) is 0. The van der Waals surface area contributed by atoms with Gasteiger partial charge in [0.1, 0.15) is 18.1 Å². The quantitative estimate of drug-likeness (QED) is 0.277. The molecule has 2 aromatic rings. The predicted molar refractivity (Wildman–Crippen MR) is 131 cm³/mol. The van der Waals surface area contributed by atoms with Crippen molar-refractivity contribution < 1.29 is 23.8 Å². The number of hydrogen-bond donors (Lipinski definition) is 3. The van der Waals surface area contributed by atoms with Crippen molar-refractivity contribution in [3.8, 4) is 11.5 Å². The molecular formula is C24H31N3O5S. The zero-order valence-corrected chi connectivity index (χ0v) is 20.2. The van der Waals surface area contributed by atoms with Gasteiger partial charge in [0.05, 0.1) is 12.2 Å². The highest BCUT2D eigenvalue weighted by Gasteiger charge is 2.14. The van der Waals surface area contributed by atoms with Gasteiger partial charge < -0.3 is 14.2 Å². The van der Waals surface area contributed by atoms with Gasteiger partial charge in [-0.1, -0.05) is 38.1 Å². The van der Waals surface area contributed by atoms with Crippen molar-refractivity contribution in [3.05, 3.63) is 59.2 Å². The van der Waals surface area contributed by atoms with Crippen molar-refractivity contribution >= 4 is 29.1 Å². The van der Waals surface area contributed by atoms with Crippen LogP contribution >= 0.6 is 12.2 Å². The van der Waals surface area contributed by atoms with Crippen molar-refractivity contribution in [3.63, 3.8) is 0 Å². The Morgan fingerprint density at radius 1 is 1.00 bits per heavy atom. The van der Waals surface area contributed by atoms with Crippen LogP contribution in [0.15, 0.2) is 42.5 Å². The molecule has 178 valence electrons. The fourth-order valence-corrected chi connectivity index (χ4v) is 3.03. The molecule has 0 unspecified atom stereocenters. The number of benzene rings is 2. The Hall–Kier alpha value is -3.17. The average Bonchev–Trinajstić information content (AvgIpc) is 2.79. The van der Waals surface area contributed by atoms with Crippen molar-refractivity contribution in [2.75, 3.05) is 26.4 Å². The number of hydrazine groups is 1. The highest BCUT2D eigenvalue weighted by Crippen LogP contribution is 2.27. The number of nitrogens with one attached hydrogen (secondary N) is 3. The molecule has 9 heteroatoms. The molecule has 2 aromatic carbocycles. The molecule has 8 nitrogen and oxygen atoms in total. The van der Waals surface area contributed by atoms with E-state index in [0.717, 1.165) is 11.1 Å². The van der Waals surface area contributed by atoms with Crippen LogP contribution in [0.4, 0.5) is 0 Å². The normalized spacial score (nSPS) is 10.5. The van der Waals surface area contributed by atoms with E-state index in [1.807, 2.05) is 32.0 Å². The second-order valence-corrected chi connectivity index (χ2v) is 7.89. The maximum Gasteiger partial charge on any atom is 0.276 e. The van der Waals surface area contributed by atoms with Crippen LogP contribution < -0.4 is 25.6 Å². The lowest BCUT2D eigenvalue weighted by Gasteiger charge is -2.16. The molecule has 2 rings (SSSR count). The number of thiocarbonyl (C=S) groups is 1. The molecule has 33 heavy (non-hydrogen) atoms. The summed E-state index contributed by atoms with van der Waals surface area (Å²) in [5, 5.41) is 2.45. The maximum absolute atomic E-state index is 12.6. The summed E-state index contributed by atoms with van der Waals surface area (Å²) in [4.78, 5) is 24.7. The average molecular weight is 474 g/mol. The molecule has 0 radical (unpaired) electrons. The van der Waals surface area contributed by atoms with Crippen molar-refractivity contribution in [1.82, 2.24) is 16.2 Å². The van der Waals surface area contributed by atoms with Crippen LogP contribution in [-0.4, -0.2) is 43.4 Å². The highest BCUT2D eigenvalue weighted by molar-refractivity contribution is 7.80. The Morgan fingerprint density at radius 2 is 1.76 bits per heavy atom. The fourth-order valence-electron chi connectivity index (χ4n) is 2.89. The lowest BCUT2D eigenvalue weighted by atomic mass is 10.0. The van der Waals surface area contributed by atoms with Gasteiger partial charge in [0.15, 0.2) is 11.7 Å². The van der Waals surface area contributed by atoms with E-state index in [-0.39, 0.29) is 17.6 Å². The molecular weight excluding hydrogens is 442 g/mol. The number of rotatable bonds is 10. The van der Waals surface area contributed by atoms with Crippen LogP contribution in [-0.2, 0) is 9.53 Å². The molecule has 0 aromatic heterocycles. The van der Waals surface area contributed by atoms with E-state index in [1.54, 1.807) is 24.3 Å². The Bertz CT molecular complexity index is 965. The molecule has 0 spiro atoms. The standard InChI is InChI=1S/C24H31N3O5S/c1-5-30-12-13-31-20-9-7-6-8-19(20)23(29)25-24(33)27-26-22(28)15-32-21-14-17(4)10-11-18(21)16(2)3/h6-11,14,16H,5,12-13,15H2,1-4H3,(H,26,28)(H2,25,27,29,33). The maximum atomic E-state index is 12.6. The molecule has 0 aliphatic heterocycles. The van der Waals surface area contributed by atoms with E-state index in [1.165, 1.54) is 0 Å². The first-order valence-corrected chi connectivity index (χ1v) is 11.2. The van der Waals surface area contributed by atoms with E-state index < -0.39 is 11.8 Å². The van der Waals surface area contributed by atoms with Gasteiger partial charge in [0.25, 0.3) is 11.8 Å². The topological polar surface area (TPSA) is 97.9 Å². The van der Waals surface area contributed by atoms with Gasteiger partial charge >= 0.3 is 0 Å². The number of aryl methyl sites for hydroxylation is 1. The largest absolute Gasteiger partial charge is 0.490 e. The molecule has 0 fully saturated rings. The number of ether oxygens (including phenoxy) is 3. The van der Waals surface area contributed by atoms with Gasteiger partial charge in [-0.3, -0.25) is 25.8 Å². The first-order chi connectivity index (χ1) is 15.8. The number of carbonyl (C=O) groups is 2. The summed E-state index contributed by atoms with van der Waals surface area (Å²) in [6, 6.07) is 12.7. The third-order valence-corrected chi connectivity index (χ3v) is 4.72. The minimum atomic E-state index is -0.466. The Morgan fingerprint density at radius 3 is 2.48 bits per heavy atom. The summed E-state index contributed by atoms with van der Waals surface area (Å²) in [5.74, 6) is 0.426. The van der Waals surface area contributed by atoms with Crippen LogP contribution in [0.2, 0.25) is 0 Å². The van der Waals surface area contributed by atoms with Crippen LogP contribution in [0.5, 0.6) is 11.5 Å². The van der Waals surface area contributed by atoms with Crippen molar-refractivity contribution in [1.29, 1.82) is 0 Å². The zero-order chi connectivity index (χ0) is 24.2. The van der Waals surface area contributed by atoms with E-state index in [9.17, 15) is 9.59 Å².